The number of benzene rings is 2. The highest BCUT2D eigenvalue weighted by Gasteiger charge is 2.18. The van der Waals surface area contributed by atoms with E-state index in [1.807, 2.05) is 55.6 Å². The summed E-state index contributed by atoms with van der Waals surface area (Å²) in [5.74, 6) is -0.624. The average Bonchev–Trinajstić information content (AvgIpc) is 3.22. The molecule has 0 bridgehead atoms. The third-order valence-electron chi connectivity index (χ3n) is 5.09. The topological polar surface area (TPSA) is 58.2 Å². The molecule has 0 spiro atoms. The average molecular weight is 419 g/mol. The van der Waals surface area contributed by atoms with Crippen LogP contribution in [0.25, 0.3) is 6.08 Å². The minimum atomic E-state index is -0.323. The molecule has 0 radical (unpaired) electrons. The van der Waals surface area contributed by atoms with E-state index >= 15 is 0 Å². The van der Waals surface area contributed by atoms with Gasteiger partial charge >= 0.3 is 0 Å². The van der Waals surface area contributed by atoms with E-state index in [0.29, 0.717) is 5.56 Å². The van der Waals surface area contributed by atoms with Crippen LogP contribution in [0.4, 0.5) is 0 Å². The van der Waals surface area contributed by atoms with Crippen LogP contribution in [-0.2, 0) is 4.79 Å². The number of carbonyl (C=O) groups is 2. The molecule has 4 nitrogen and oxygen atoms in total. The van der Waals surface area contributed by atoms with Gasteiger partial charge in [-0.15, -0.1) is 11.3 Å². The van der Waals surface area contributed by atoms with Crippen molar-refractivity contribution in [3.05, 3.63) is 98.4 Å². The lowest BCUT2D eigenvalue weighted by atomic mass is 10.0. The van der Waals surface area contributed by atoms with E-state index in [2.05, 4.69) is 36.6 Å². The molecule has 1 heterocycles. The van der Waals surface area contributed by atoms with E-state index in [9.17, 15) is 9.59 Å². The van der Waals surface area contributed by atoms with Gasteiger partial charge in [-0.2, -0.15) is 0 Å². The van der Waals surface area contributed by atoms with E-state index in [1.165, 1.54) is 22.5 Å². The molecule has 0 saturated heterocycles. The van der Waals surface area contributed by atoms with Gasteiger partial charge in [0.2, 0.25) is 0 Å². The number of amides is 2. The van der Waals surface area contributed by atoms with Crippen LogP contribution in [0, 0.1) is 20.8 Å². The maximum atomic E-state index is 13.1. The van der Waals surface area contributed by atoms with Gasteiger partial charge in [0.25, 0.3) is 11.8 Å². The zero-order valence-corrected chi connectivity index (χ0v) is 18.5. The first-order valence-corrected chi connectivity index (χ1v) is 10.7. The van der Waals surface area contributed by atoms with E-state index in [4.69, 9.17) is 0 Å². The summed E-state index contributed by atoms with van der Waals surface area (Å²) < 4.78 is 0. The molecule has 5 heteroatoms. The van der Waals surface area contributed by atoms with Gasteiger partial charge in [-0.05, 0) is 73.5 Å². The van der Waals surface area contributed by atoms with Gasteiger partial charge < -0.3 is 10.6 Å². The first-order chi connectivity index (χ1) is 14.3. The summed E-state index contributed by atoms with van der Waals surface area (Å²) in [6, 6.07) is 17.1. The molecular weight excluding hydrogens is 392 g/mol. The van der Waals surface area contributed by atoms with Crippen molar-refractivity contribution in [2.75, 3.05) is 0 Å². The van der Waals surface area contributed by atoms with Crippen molar-refractivity contribution >= 4 is 29.2 Å². The number of aryl methyl sites for hydroxylation is 3. The molecule has 0 aliphatic carbocycles. The summed E-state index contributed by atoms with van der Waals surface area (Å²) in [5, 5.41) is 7.75. The molecule has 154 valence electrons. The summed E-state index contributed by atoms with van der Waals surface area (Å²) in [4.78, 5) is 26.8. The van der Waals surface area contributed by atoms with Crippen molar-refractivity contribution in [3.63, 3.8) is 0 Å². The molecule has 0 fully saturated rings. The molecule has 30 heavy (non-hydrogen) atoms. The van der Waals surface area contributed by atoms with Crippen LogP contribution in [0.1, 0.15) is 50.5 Å². The summed E-state index contributed by atoms with van der Waals surface area (Å²) in [7, 11) is 0. The number of thiophene rings is 1. The second-order valence-corrected chi connectivity index (χ2v) is 8.36. The molecule has 1 aromatic heterocycles. The Kier molecular flexibility index (Phi) is 6.85. The lowest BCUT2D eigenvalue weighted by Crippen LogP contribution is -2.36. The third kappa shape index (κ3) is 5.24. The third-order valence-corrected chi connectivity index (χ3v) is 5.91. The Bertz CT molecular complexity index is 1080. The van der Waals surface area contributed by atoms with Crippen LogP contribution in [-0.4, -0.2) is 11.8 Å². The van der Waals surface area contributed by atoms with E-state index in [-0.39, 0.29) is 23.6 Å². The highest BCUT2D eigenvalue weighted by molar-refractivity contribution is 7.10. The van der Waals surface area contributed by atoms with Crippen molar-refractivity contribution in [2.24, 2.45) is 0 Å². The zero-order chi connectivity index (χ0) is 21.7. The highest BCUT2D eigenvalue weighted by atomic mass is 32.1. The molecule has 2 amide bonds. The molecular formula is C25H26N2O2S. The lowest BCUT2D eigenvalue weighted by Gasteiger charge is -2.18. The summed E-state index contributed by atoms with van der Waals surface area (Å²) in [6.07, 6.45) is 1.71. The molecule has 1 atom stereocenters. The molecule has 2 N–H and O–H groups in total. The van der Waals surface area contributed by atoms with Gasteiger partial charge in [0.05, 0.1) is 6.04 Å². The minimum absolute atomic E-state index is 0.195. The Hall–Kier alpha value is -3.18. The lowest BCUT2D eigenvalue weighted by molar-refractivity contribution is -0.118. The van der Waals surface area contributed by atoms with Crippen molar-refractivity contribution < 1.29 is 9.59 Å². The summed E-state index contributed by atoms with van der Waals surface area (Å²) in [6.45, 7) is 7.93. The SMILES string of the molecule is Cc1ccc(C(C)NC(=O)/C(=C/c2cccs2)NC(=O)c2ccccc2C)cc1C. The standard InChI is InChI=1S/C25H26N2O2S/c1-16-11-12-20(14-18(16)3)19(4)26-25(29)23(15-21-9-7-13-30-21)27-24(28)22-10-6-5-8-17(22)2/h5-15,19H,1-4H3,(H,26,29)(H,27,28)/b23-15-. The normalized spacial score (nSPS) is 12.3. The van der Waals surface area contributed by atoms with Gasteiger partial charge in [-0.3, -0.25) is 9.59 Å². The summed E-state index contributed by atoms with van der Waals surface area (Å²) >= 11 is 1.51. The molecule has 1 unspecified atom stereocenters. The minimum Gasteiger partial charge on any atom is -0.344 e. The van der Waals surface area contributed by atoms with Crippen molar-refractivity contribution in [1.82, 2.24) is 10.6 Å². The van der Waals surface area contributed by atoms with E-state index in [1.54, 1.807) is 12.1 Å². The van der Waals surface area contributed by atoms with Crippen molar-refractivity contribution in [2.45, 2.75) is 33.7 Å². The molecule has 0 aliphatic rings. The molecule has 3 rings (SSSR count). The van der Waals surface area contributed by atoms with Crippen molar-refractivity contribution in [3.8, 4) is 0 Å². The fourth-order valence-corrected chi connectivity index (χ4v) is 3.74. The monoisotopic (exact) mass is 418 g/mol. The van der Waals surface area contributed by atoms with E-state index < -0.39 is 0 Å². The number of hydrogen-bond donors (Lipinski definition) is 2. The van der Waals surface area contributed by atoms with Crippen molar-refractivity contribution in [1.29, 1.82) is 0 Å². The van der Waals surface area contributed by atoms with Crippen LogP contribution in [0.15, 0.2) is 65.7 Å². The Morgan fingerprint density at radius 1 is 0.933 bits per heavy atom. The molecule has 0 aliphatic heterocycles. The quantitative estimate of drug-likeness (QED) is 0.532. The number of hydrogen-bond acceptors (Lipinski definition) is 3. The maximum Gasteiger partial charge on any atom is 0.268 e. The largest absolute Gasteiger partial charge is 0.344 e. The van der Waals surface area contributed by atoms with Gasteiger partial charge in [0.15, 0.2) is 0 Å². The predicted octanol–water partition coefficient (Wildman–Crippen LogP) is 5.32. The zero-order valence-electron chi connectivity index (χ0n) is 17.7. The molecule has 2 aromatic carbocycles. The highest BCUT2D eigenvalue weighted by Crippen LogP contribution is 2.18. The second kappa shape index (κ2) is 9.55. The Morgan fingerprint density at radius 3 is 2.37 bits per heavy atom. The number of rotatable bonds is 6. The fourth-order valence-electron chi connectivity index (χ4n) is 3.08. The fraction of sp³-hybridized carbons (Fsp3) is 0.200. The smallest absolute Gasteiger partial charge is 0.268 e. The Morgan fingerprint density at radius 2 is 1.70 bits per heavy atom. The van der Waals surface area contributed by atoms with E-state index in [0.717, 1.165) is 16.0 Å². The Labute approximate surface area is 181 Å². The van der Waals surface area contributed by atoms with Gasteiger partial charge in [0.1, 0.15) is 5.70 Å². The van der Waals surface area contributed by atoms with Crippen LogP contribution < -0.4 is 10.6 Å². The second-order valence-electron chi connectivity index (χ2n) is 7.38. The maximum absolute atomic E-state index is 13.1. The Balaban J connectivity index is 1.83. The van der Waals surface area contributed by atoms with Crippen LogP contribution in [0.5, 0.6) is 0 Å². The van der Waals surface area contributed by atoms with Gasteiger partial charge in [0, 0.05) is 10.4 Å². The predicted molar refractivity (Wildman–Crippen MR) is 123 cm³/mol. The van der Waals surface area contributed by atoms with Gasteiger partial charge in [-0.25, -0.2) is 0 Å². The number of carbonyl (C=O) groups excluding carboxylic acids is 2. The first kappa shape index (κ1) is 21.5. The van der Waals surface area contributed by atoms with Crippen LogP contribution in [0.3, 0.4) is 0 Å². The first-order valence-electron chi connectivity index (χ1n) is 9.85. The van der Waals surface area contributed by atoms with Crippen LogP contribution in [0.2, 0.25) is 0 Å². The summed E-state index contributed by atoms with van der Waals surface area (Å²) in [5.41, 5.74) is 5.03. The number of nitrogens with one attached hydrogen (secondary N) is 2. The van der Waals surface area contributed by atoms with Crippen LogP contribution >= 0.6 is 11.3 Å². The molecule has 3 aromatic rings. The molecule has 0 saturated carbocycles. The van der Waals surface area contributed by atoms with Gasteiger partial charge in [-0.1, -0.05) is 42.5 Å².